The van der Waals surface area contributed by atoms with Crippen LogP contribution in [0.25, 0.3) is 0 Å². The summed E-state index contributed by atoms with van der Waals surface area (Å²) >= 11 is 5.89. The number of aromatic nitrogens is 3. The summed E-state index contributed by atoms with van der Waals surface area (Å²) in [6.07, 6.45) is 3.32. The Morgan fingerprint density at radius 2 is 1.83 bits per heavy atom. The number of hydrogen-bond acceptors (Lipinski definition) is 3. The van der Waals surface area contributed by atoms with E-state index in [1.54, 1.807) is 12.1 Å². The van der Waals surface area contributed by atoms with Crippen molar-refractivity contribution in [1.29, 1.82) is 0 Å². The number of Topliss-reactive ketones (excluding diaryl/α,β-unsaturated/α-hetero) is 1. The van der Waals surface area contributed by atoms with Crippen LogP contribution in [0, 0.1) is 5.82 Å². The van der Waals surface area contributed by atoms with E-state index < -0.39 is 6.04 Å². The number of ketones is 1. The van der Waals surface area contributed by atoms with Crippen LogP contribution >= 0.6 is 11.6 Å². The number of halogens is 2. The third kappa shape index (κ3) is 3.63. The van der Waals surface area contributed by atoms with Crippen molar-refractivity contribution in [1.82, 2.24) is 14.8 Å². The van der Waals surface area contributed by atoms with Gasteiger partial charge in [-0.05, 0) is 42.0 Å². The molecule has 2 aromatic carbocycles. The SMILES string of the molecule is O=C(c1ccc(F)cc1)C(Cc1ccc(Cl)cc1)n1cncn1. The number of benzene rings is 2. The second-order valence-electron chi connectivity index (χ2n) is 5.09. The molecule has 1 aromatic heterocycles. The first-order valence-corrected chi connectivity index (χ1v) is 7.39. The van der Waals surface area contributed by atoms with Gasteiger partial charge in [0.15, 0.2) is 5.78 Å². The maximum atomic E-state index is 13.1. The minimum atomic E-state index is -0.552. The highest BCUT2D eigenvalue weighted by Gasteiger charge is 2.23. The molecule has 3 rings (SSSR count). The molecule has 6 heteroatoms. The summed E-state index contributed by atoms with van der Waals surface area (Å²) in [4.78, 5) is 16.7. The van der Waals surface area contributed by atoms with Gasteiger partial charge in [0.05, 0.1) is 0 Å². The van der Waals surface area contributed by atoms with Gasteiger partial charge in [-0.2, -0.15) is 5.10 Å². The zero-order valence-corrected chi connectivity index (χ0v) is 12.8. The van der Waals surface area contributed by atoms with Crippen LogP contribution in [0.2, 0.25) is 5.02 Å². The first-order chi connectivity index (χ1) is 11.1. The third-order valence-corrected chi connectivity index (χ3v) is 3.78. The molecule has 3 aromatic rings. The van der Waals surface area contributed by atoms with Crippen molar-refractivity contribution >= 4 is 17.4 Å². The Bertz CT molecular complexity index is 786. The van der Waals surface area contributed by atoms with Gasteiger partial charge in [0.25, 0.3) is 0 Å². The van der Waals surface area contributed by atoms with E-state index in [4.69, 9.17) is 11.6 Å². The Hall–Kier alpha value is -2.53. The molecule has 0 aliphatic heterocycles. The van der Waals surface area contributed by atoms with Gasteiger partial charge in [0, 0.05) is 17.0 Å². The van der Waals surface area contributed by atoms with Crippen molar-refractivity contribution in [3.63, 3.8) is 0 Å². The van der Waals surface area contributed by atoms with Crippen LogP contribution in [0.15, 0.2) is 61.2 Å². The lowest BCUT2D eigenvalue weighted by molar-refractivity contribution is 0.0916. The lowest BCUT2D eigenvalue weighted by Crippen LogP contribution is -2.22. The number of carbonyl (C=O) groups is 1. The number of hydrogen-bond donors (Lipinski definition) is 0. The molecule has 1 heterocycles. The highest BCUT2D eigenvalue weighted by Crippen LogP contribution is 2.20. The Balaban J connectivity index is 1.91. The second-order valence-corrected chi connectivity index (χ2v) is 5.53. The van der Waals surface area contributed by atoms with Crippen molar-refractivity contribution in [2.24, 2.45) is 0 Å². The Kier molecular flexibility index (Phi) is 4.48. The first kappa shape index (κ1) is 15.4. The fraction of sp³-hybridized carbons (Fsp3) is 0.118. The molecule has 23 heavy (non-hydrogen) atoms. The van der Waals surface area contributed by atoms with Gasteiger partial charge in [-0.15, -0.1) is 0 Å². The van der Waals surface area contributed by atoms with Gasteiger partial charge in [0.2, 0.25) is 0 Å². The Labute approximate surface area is 137 Å². The van der Waals surface area contributed by atoms with Crippen LogP contribution in [0.5, 0.6) is 0 Å². The first-order valence-electron chi connectivity index (χ1n) is 7.02. The molecule has 0 saturated carbocycles. The van der Waals surface area contributed by atoms with Gasteiger partial charge in [-0.3, -0.25) is 4.79 Å². The van der Waals surface area contributed by atoms with Crippen LogP contribution < -0.4 is 0 Å². The van der Waals surface area contributed by atoms with Gasteiger partial charge < -0.3 is 0 Å². The summed E-state index contributed by atoms with van der Waals surface area (Å²) < 4.78 is 14.6. The van der Waals surface area contributed by atoms with Crippen LogP contribution in [-0.4, -0.2) is 20.5 Å². The molecule has 0 saturated heterocycles. The van der Waals surface area contributed by atoms with Crippen LogP contribution in [0.4, 0.5) is 4.39 Å². The Morgan fingerprint density at radius 3 is 2.43 bits per heavy atom. The summed E-state index contributed by atoms with van der Waals surface area (Å²) in [6.45, 7) is 0. The van der Waals surface area contributed by atoms with E-state index in [0.717, 1.165) is 5.56 Å². The van der Waals surface area contributed by atoms with Crippen LogP contribution in [0.3, 0.4) is 0 Å². The molecule has 4 nitrogen and oxygen atoms in total. The average molecular weight is 330 g/mol. The molecule has 0 radical (unpaired) electrons. The van der Waals surface area contributed by atoms with Crippen molar-refractivity contribution in [3.8, 4) is 0 Å². The standard InChI is InChI=1S/C17H13ClFN3O/c18-14-5-1-12(2-6-14)9-16(22-11-20-10-21-22)17(23)13-3-7-15(19)8-4-13/h1-8,10-11,16H,9H2. The Morgan fingerprint density at radius 1 is 1.13 bits per heavy atom. The molecule has 0 bridgehead atoms. The fourth-order valence-electron chi connectivity index (χ4n) is 2.33. The maximum Gasteiger partial charge on any atom is 0.187 e. The van der Waals surface area contributed by atoms with Crippen LogP contribution in [-0.2, 0) is 6.42 Å². The van der Waals surface area contributed by atoms with Crippen molar-refractivity contribution in [2.75, 3.05) is 0 Å². The molecule has 0 spiro atoms. The van der Waals surface area contributed by atoms with Gasteiger partial charge in [-0.25, -0.2) is 14.1 Å². The van der Waals surface area contributed by atoms with E-state index in [2.05, 4.69) is 10.1 Å². The zero-order valence-electron chi connectivity index (χ0n) is 12.1. The minimum absolute atomic E-state index is 0.148. The van der Waals surface area contributed by atoms with Crippen molar-refractivity contribution in [3.05, 3.63) is 83.2 Å². The van der Waals surface area contributed by atoms with Crippen LogP contribution in [0.1, 0.15) is 22.0 Å². The van der Waals surface area contributed by atoms with Crippen molar-refractivity contribution in [2.45, 2.75) is 12.5 Å². The zero-order chi connectivity index (χ0) is 16.2. The van der Waals surface area contributed by atoms with E-state index in [0.29, 0.717) is 17.0 Å². The maximum absolute atomic E-state index is 13.1. The monoisotopic (exact) mass is 329 g/mol. The highest BCUT2D eigenvalue weighted by molar-refractivity contribution is 6.30. The summed E-state index contributed by atoms with van der Waals surface area (Å²) in [5.74, 6) is -0.526. The average Bonchev–Trinajstić information content (AvgIpc) is 3.08. The molecule has 116 valence electrons. The summed E-state index contributed by atoms with van der Waals surface area (Å²) in [6, 6.07) is 12.2. The summed E-state index contributed by atoms with van der Waals surface area (Å²) in [5, 5.41) is 4.71. The highest BCUT2D eigenvalue weighted by atomic mass is 35.5. The molecule has 0 fully saturated rings. The van der Waals surface area contributed by atoms with E-state index in [-0.39, 0.29) is 11.6 Å². The lowest BCUT2D eigenvalue weighted by atomic mass is 9.98. The molecule has 0 aliphatic carbocycles. The quantitative estimate of drug-likeness (QED) is 0.670. The number of rotatable bonds is 5. The number of carbonyl (C=O) groups excluding carboxylic acids is 1. The molecule has 1 atom stereocenters. The number of nitrogens with zero attached hydrogens (tertiary/aromatic N) is 3. The van der Waals surface area contributed by atoms with E-state index >= 15 is 0 Å². The van der Waals surface area contributed by atoms with Gasteiger partial charge in [0.1, 0.15) is 24.5 Å². The molecule has 0 aliphatic rings. The largest absolute Gasteiger partial charge is 0.292 e. The predicted octanol–water partition coefficient (Wildman–Crippen LogP) is 3.74. The molecule has 0 N–H and O–H groups in total. The fourth-order valence-corrected chi connectivity index (χ4v) is 2.46. The summed E-state index contributed by atoms with van der Waals surface area (Å²) in [7, 11) is 0. The third-order valence-electron chi connectivity index (χ3n) is 3.53. The van der Waals surface area contributed by atoms with Gasteiger partial charge >= 0.3 is 0 Å². The predicted molar refractivity (Wildman–Crippen MR) is 84.9 cm³/mol. The molecule has 0 amide bonds. The minimum Gasteiger partial charge on any atom is -0.292 e. The second kappa shape index (κ2) is 6.71. The van der Waals surface area contributed by atoms with Crippen molar-refractivity contribution < 1.29 is 9.18 Å². The lowest BCUT2D eigenvalue weighted by Gasteiger charge is -2.16. The molecular formula is C17H13ClFN3O. The summed E-state index contributed by atoms with van der Waals surface area (Å²) in [5.41, 5.74) is 1.38. The molecular weight excluding hydrogens is 317 g/mol. The van der Waals surface area contributed by atoms with E-state index in [1.807, 2.05) is 12.1 Å². The van der Waals surface area contributed by atoms with E-state index in [1.165, 1.54) is 41.6 Å². The molecule has 1 unspecified atom stereocenters. The topological polar surface area (TPSA) is 47.8 Å². The van der Waals surface area contributed by atoms with Gasteiger partial charge in [-0.1, -0.05) is 23.7 Å². The normalized spacial score (nSPS) is 12.1. The smallest absolute Gasteiger partial charge is 0.187 e. The van der Waals surface area contributed by atoms with E-state index in [9.17, 15) is 9.18 Å².